The van der Waals surface area contributed by atoms with Crippen LogP contribution in [0.25, 0.3) is 55.6 Å². The van der Waals surface area contributed by atoms with Gasteiger partial charge < -0.3 is 14.0 Å². The molecule has 0 N–H and O–H groups in total. The average molecular weight is 744 g/mol. The summed E-state index contributed by atoms with van der Waals surface area (Å²) in [6, 6.07) is 39.5. The van der Waals surface area contributed by atoms with E-state index < -0.39 is 8.07 Å². The molecule has 0 saturated heterocycles. The van der Waals surface area contributed by atoms with Gasteiger partial charge in [-0.3, -0.25) is 4.98 Å². The number of rotatable bonds is 4. The van der Waals surface area contributed by atoms with Crippen LogP contribution < -0.4 is 5.19 Å². The molecule has 0 aliphatic rings. The number of imidazole rings is 1. The van der Waals surface area contributed by atoms with Crippen molar-refractivity contribution >= 4 is 46.2 Å². The van der Waals surface area contributed by atoms with Crippen LogP contribution in [0.2, 0.25) is 19.6 Å². The minimum atomic E-state index is -1.23. The van der Waals surface area contributed by atoms with Gasteiger partial charge in [-0.15, -0.1) is 54.1 Å². The summed E-state index contributed by atoms with van der Waals surface area (Å²) in [6.07, 6.45) is 2.02. The van der Waals surface area contributed by atoms with Gasteiger partial charge in [0.15, 0.2) is 0 Å². The van der Waals surface area contributed by atoms with Gasteiger partial charge in [0.1, 0.15) is 5.58 Å². The monoisotopic (exact) mass is 744 g/mol. The number of benzene rings is 4. The largest absolute Gasteiger partial charge is 0.501 e. The molecular weight excluding hydrogens is 711 g/mol. The Bertz CT molecular complexity index is 1950. The minimum Gasteiger partial charge on any atom is -0.501 e. The number of hydrogen-bond donors (Lipinski definition) is 0. The predicted octanol–water partition coefficient (Wildman–Crippen LogP) is 9.08. The van der Waals surface area contributed by atoms with Gasteiger partial charge in [0.2, 0.25) is 0 Å². The van der Waals surface area contributed by atoms with E-state index in [1.54, 1.807) is 0 Å². The summed E-state index contributed by atoms with van der Waals surface area (Å²) in [5, 5.41) is 3.62. The Morgan fingerprint density at radius 3 is 2.26 bits per heavy atom. The van der Waals surface area contributed by atoms with Gasteiger partial charge in [-0.05, 0) is 42.9 Å². The predicted molar refractivity (Wildman–Crippen MR) is 173 cm³/mol. The van der Waals surface area contributed by atoms with Gasteiger partial charge in [-0.25, -0.2) is 0 Å². The summed E-state index contributed by atoms with van der Waals surface area (Å²) in [5.74, 6) is 0.904. The molecule has 0 amide bonds. The van der Waals surface area contributed by atoms with Crippen LogP contribution in [0.1, 0.15) is 19.9 Å². The van der Waals surface area contributed by atoms with Crippen molar-refractivity contribution in [3.8, 4) is 22.6 Å². The zero-order chi connectivity index (χ0) is 28.6. The van der Waals surface area contributed by atoms with E-state index in [1.165, 1.54) is 5.19 Å². The Labute approximate surface area is 261 Å². The zero-order valence-electron chi connectivity index (χ0n) is 24.5. The van der Waals surface area contributed by atoms with Crippen molar-refractivity contribution in [1.82, 2.24) is 14.5 Å². The summed E-state index contributed by atoms with van der Waals surface area (Å²) < 4.78 is 8.44. The average Bonchev–Trinajstić information content (AvgIpc) is 3.56. The van der Waals surface area contributed by atoms with Crippen LogP contribution in [0.5, 0.6) is 0 Å². The zero-order valence-corrected chi connectivity index (χ0v) is 27.9. The molecule has 42 heavy (non-hydrogen) atoms. The number of aromatic nitrogens is 3. The maximum atomic E-state index is 6.18. The van der Waals surface area contributed by atoms with Gasteiger partial charge in [0.25, 0.3) is 0 Å². The van der Waals surface area contributed by atoms with Crippen LogP contribution in [0.15, 0.2) is 108 Å². The molecule has 0 saturated carbocycles. The molecule has 0 spiro atoms. The van der Waals surface area contributed by atoms with Gasteiger partial charge in [0, 0.05) is 37.7 Å². The van der Waals surface area contributed by atoms with Crippen LogP contribution in [0, 0.1) is 12.1 Å². The van der Waals surface area contributed by atoms with E-state index in [2.05, 4.69) is 97.6 Å². The van der Waals surface area contributed by atoms with Crippen molar-refractivity contribution in [2.45, 2.75) is 39.5 Å². The number of hydrogen-bond acceptors (Lipinski definition) is 3. The molecule has 3 heterocycles. The quantitative estimate of drug-likeness (QED) is 0.134. The molecule has 213 valence electrons. The normalized spacial score (nSPS) is 11.5. The first-order valence-electron chi connectivity index (χ1n) is 14.0. The second-order valence-electron chi connectivity index (χ2n) is 11.5. The molecule has 0 aliphatic heterocycles. The van der Waals surface area contributed by atoms with Gasteiger partial charge >= 0.3 is 0 Å². The van der Waals surface area contributed by atoms with Crippen molar-refractivity contribution in [3.05, 3.63) is 115 Å². The SMILES string of the molecule is CC(C)n1c(-c2[c-]ccc3c2oc2ccccc23)nc2ccccc21.C[Si](C)(C)c1ccc(-c2[c-]cccc2)nc1.[Ir]. The topological polar surface area (TPSA) is 43.9 Å². The molecule has 6 heteroatoms. The van der Waals surface area contributed by atoms with Crippen molar-refractivity contribution < 1.29 is 24.5 Å². The number of furan rings is 1. The molecule has 0 fully saturated rings. The van der Waals surface area contributed by atoms with E-state index in [0.717, 1.165) is 55.6 Å². The number of nitrogens with zero attached hydrogens (tertiary/aromatic N) is 3. The summed E-state index contributed by atoms with van der Waals surface area (Å²) in [6.45, 7) is 11.3. The Hall–Kier alpha value is -3.83. The van der Waals surface area contributed by atoms with Crippen LogP contribution in [0.4, 0.5) is 0 Å². The minimum absolute atomic E-state index is 0. The van der Waals surface area contributed by atoms with Crippen LogP contribution >= 0.6 is 0 Å². The summed E-state index contributed by atoms with van der Waals surface area (Å²) in [5.41, 5.74) is 6.85. The standard InChI is InChI=1S/C22H17N2O.C14H16NSi.Ir/c1-14(2)24-19-12-5-4-11-18(19)23-22(24)17-10-7-9-16-15-8-3-6-13-20(15)25-21(16)17;1-16(2,3)13-9-10-14(15-11-13)12-7-5-4-6-8-12;/h3-9,11-14H,1-2H3;4-7,9-11H,1-3H3;/q2*-1;. The fourth-order valence-electron chi connectivity index (χ4n) is 5.15. The summed E-state index contributed by atoms with van der Waals surface area (Å²) >= 11 is 0. The summed E-state index contributed by atoms with van der Waals surface area (Å²) in [4.78, 5) is 9.42. The number of para-hydroxylation sites is 3. The van der Waals surface area contributed by atoms with Crippen molar-refractivity contribution in [3.63, 3.8) is 0 Å². The third-order valence-electron chi connectivity index (χ3n) is 7.29. The van der Waals surface area contributed by atoms with E-state index >= 15 is 0 Å². The first kappa shape index (κ1) is 29.7. The molecule has 0 atom stereocenters. The van der Waals surface area contributed by atoms with Gasteiger partial charge in [0.05, 0.1) is 30.5 Å². The van der Waals surface area contributed by atoms with Crippen molar-refractivity contribution in [2.75, 3.05) is 0 Å². The van der Waals surface area contributed by atoms with E-state index in [0.29, 0.717) is 0 Å². The first-order valence-corrected chi connectivity index (χ1v) is 17.5. The molecule has 0 bridgehead atoms. The van der Waals surface area contributed by atoms with E-state index in [4.69, 9.17) is 9.40 Å². The van der Waals surface area contributed by atoms with Gasteiger partial charge in [-0.2, -0.15) is 0 Å². The molecule has 1 radical (unpaired) electrons. The Kier molecular flexibility index (Phi) is 8.60. The molecule has 0 aliphatic carbocycles. The van der Waals surface area contributed by atoms with Crippen LogP contribution in [0.3, 0.4) is 0 Å². The van der Waals surface area contributed by atoms with E-state index in [9.17, 15) is 0 Å². The molecular formula is C36H33IrN3OSi-2. The van der Waals surface area contributed by atoms with Gasteiger partial charge in [-0.1, -0.05) is 73.1 Å². The Morgan fingerprint density at radius 2 is 1.55 bits per heavy atom. The molecule has 4 nitrogen and oxygen atoms in total. The van der Waals surface area contributed by atoms with Crippen LogP contribution in [-0.4, -0.2) is 22.6 Å². The third kappa shape index (κ3) is 5.75. The number of fused-ring (bicyclic) bond motifs is 4. The summed E-state index contributed by atoms with van der Waals surface area (Å²) in [7, 11) is -1.23. The van der Waals surface area contributed by atoms with Crippen LogP contribution in [-0.2, 0) is 20.1 Å². The maximum absolute atomic E-state index is 6.18. The third-order valence-corrected chi connectivity index (χ3v) is 9.32. The first-order chi connectivity index (χ1) is 19.8. The maximum Gasteiger partial charge on any atom is 0.120 e. The fraction of sp³-hybridized carbons (Fsp3) is 0.167. The van der Waals surface area contributed by atoms with E-state index in [1.807, 2.05) is 60.8 Å². The molecule has 3 aromatic heterocycles. The molecule has 7 aromatic rings. The van der Waals surface area contributed by atoms with Crippen molar-refractivity contribution in [1.29, 1.82) is 0 Å². The van der Waals surface area contributed by atoms with E-state index in [-0.39, 0.29) is 26.1 Å². The molecule has 4 aromatic carbocycles. The second-order valence-corrected chi connectivity index (χ2v) is 16.6. The Balaban J connectivity index is 0.000000181. The number of pyridine rings is 1. The molecule has 7 rings (SSSR count). The smallest absolute Gasteiger partial charge is 0.120 e. The molecule has 0 unspecified atom stereocenters. The Morgan fingerprint density at radius 1 is 0.786 bits per heavy atom. The second kappa shape index (κ2) is 12.2. The fourth-order valence-corrected chi connectivity index (χ4v) is 6.18. The van der Waals surface area contributed by atoms with Crippen molar-refractivity contribution in [2.24, 2.45) is 0 Å².